The molecule has 2 aliphatic rings. The molecule has 0 aromatic carbocycles. The van der Waals surface area contributed by atoms with Gasteiger partial charge in [-0.3, -0.25) is 14.5 Å². The van der Waals surface area contributed by atoms with Gasteiger partial charge in [-0.1, -0.05) is 20.3 Å². The molecule has 0 atom stereocenters. The van der Waals surface area contributed by atoms with Gasteiger partial charge in [0.2, 0.25) is 5.91 Å². The highest BCUT2D eigenvalue weighted by Gasteiger charge is 2.31. The van der Waals surface area contributed by atoms with Gasteiger partial charge in [-0.2, -0.15) is 0 Å². The van der Waals surface area contributed by atoms with Crippen molar-refractivity contribution >= 4 is 11.9 Å². The first-order valence-electron chi connectivity index (χ1n) is 8.16. The Labute approximate surface area is 127 Å². The molecule has 2 heterocycles. The lowest BCUT2D eigenvalue weighted by Crippen LogP contribution is -2.47. The minimum Gasteiger partial charge on any atom is -0.481 e. The number of nitrogens with zero attached hydrogens (tertiary/aromatic N) is 2. The predicted molar refractivity (Wildman–Crippen MR) is 81.0 cm³/mol. The van der Waals surface area contributed by atoms with Crippen molar-refractivity contribution in [3.63, 3.8) is 0 Å². The summed E-state index contributed by atoms with van der Waals surface area (Å²) in [6.45, 7) is 8.27. The summed E-state index contributed by atoms with van der Waals surface area (Å²) in [7, 11) is 0. The van der Waals surface area contributed by atoms with Gasteiger partial charge in [-0.05, 0) is 44.2 Å². The van der Waals surface area contributed by atoms with Gasteiger partial charge in [0.15, 0.2) is 0 Å². The number of carboxylic acids is 1. The Morgan fingerprint density at radius 2 is 1.71 bits per heavy atom. The van der Waals surface area contributed by atoms with Gasteiger partial charge < -0.3 is 10.0 Å². The van der Waals surface area contributed by atoms with E-state index in [9.17, 15) is 9.59 Å². The second-order valence-electron chi connectivity index (χ2n) is 6.93. The van der Waals surface area contributed by atoms with E-state index in [4.69, 9.17) is 5.11 Å². The second kappa shape index (κ2) is 6.77. The highest BCUT2D eigenvalue weighted by molar-refractivity contribution is 5.79. The Bertz CT molecular complexity index is 381. The number of amides is 1. The smallest absolute Gasteiger partial charge is 0.306 e. The van der Waals surface area contributed by atoms with Crippen LogP contribution in [0.2, 0.25) is 0 Å². The van der Waals surface area contributed by atoms with Gasteiger partial charge in [0, 0.05) is 13.1 Å². The Morgan fingerprint density at radius 1 is 1.14 bits per heavy atom. The van der Waals surface area contributed by atoms with Crippen LogP contribution in [0.5, 0.6) is 0 Å². The standard InChI is InChI=1S/C16H28N2O3/c1-3-16(2)6-10-17(11-7-16)12-14(19)18-8-4-13(5-9-18)15(20)21/h13H,3-12H2,1-2H3,(H,20,21). The van der Waals surface area contributed by atoms with E-state index in [1.807, 2.05) is 4.90 Å². The summed E-state index contributed by atoms with van der Waals surface area (Å²) in [6.07, 6.45) is 4.72. The Hall–Kier alpha value is -1.10. The molecule has 0 aromatic rings. The zero-order chi connectivity index (χ0) is 15.5. The van der Waals surface area contributed by atoms with Crippen LogP contribution in [0.15, 0.2) is 0 Å². The minimum absolute atomic E-state index is 0.166. The first-order valence-corrected chi connectivity index (χ1v) is 8.16. The number of likely N-dealkylation sites (tertiary alicyclic amines) is 2. The number of carbonyl (C=O) groups is 2. The fourth-order valence-corrected chi connectivity index (χ4v) is 3.27. The quantitative estimate of drug-likeness (QED) is 0.859. The molecular weight excluding hydrogens is 268 g/mol. The van der Waals surface area contributed by atoms with Crippen molar-refractivity contribution in [2.45, 2.75) is 46.0 Å². The van der Waals surface area contributed by atoms with Gasteiger partial charge >= 0.3 is 5.97 Å². The van der Waals surface area contributed by atoms with Gasteiger partial charge in [-0.15, -0.1) is 0 Å². The molecule has 5 heteroatoms. The van der Waals surface area contributed by atoms with E-state index in [1.54, 1.807) is 0 Å². The Kier molecular flexibility index (Phi) is 5.25. The molecule has 1 amide bonds. The SMILES string of the molecule is CCC1(C)CCN(CC(=O)N2CCC(C(=O)O)CC2)CC1. The van der Waals surface area contributed by atoms with Crippen LogP contribution in [0.25, 0.3) is 0 Å². The number of aliphatic carboxylic acids is 1. The molecule has 120 valence electrons. The zero-order valence-electron chi connectivity index (χ0n) is 13.3. The van der Waals surface area contributed by atoms with Gasteiger partial charge in [0.1, 0.15) is 0 Å². The summed E-state index contributed by atoms with van der Waals surface area (Å²) in [5, 5.41) is 8.98. The fourth-order valence-electron chi connectivity index (χ4n) is 3.27. The van der Waals surface area contributed by atoms with Crippen molar-refractivity contribution in [1.29, 1.82) is 0 Å². The van der Waals surface area contributed by atoms with E-state index in [0.717, 1.165) is 25.9 Å². The molecule has 0 saturated carbocycles. The average Bonchev–Trinajstić information content (AvgIpc) is 2.50. The lowest BCUT2D eigenvalue weighted by Gasteiger charge is -2.39. The van der Waals surface area contributed by atoms with Gasteiger partial charge in [0.25, 0.3) is 0 Å². The van der Waals surface area contributed by atoms with Crippen LogP contribution in [-0.2, 0) is 9.59 Å². The number of carboxylic acid groups (broad SMARTS) is 1. The van der Waals surface area contributed by atoms with Crippen LogP contribution in [0.3, 0.4) is 0 Å². The topological polar surface area (TPSA) is 60.9 Å². The molecule has 5 nitrogen and oxygen atoms in total. The van der Waals surface area contributed by atoms with Crippen LogP contribution >= 0.6 is 0 Å². The summed E-state index contributed by atoms with van der Waals surface area (Å²) >= 11 is 0. The van der Waals surface area contributed by atoms with Crippen LogP contribution in [-0.4, -0.2) is 59.5 Å². The molecule has 0 spiro atoms. The minimum atomic E-state index is -0.725. The molecule has 2 rings (SSSR count). The summed E-state index contributed by atoms with van der Waals surface area (Å²) in [4.78, 5) is 27.3. The normalized spacial score (nSPS) is 24.0. The molecule has 0 aromatic heterocycles. The maximum atomic E-state index is 12.3. The molecule has 2 saturated heterocycles. The number of piperidine rings is 2. The molecular formula is C16H28N2O3. The third-order valence-corrected chi connectivity index (χ3v) is 5.47. The number of hydrogen-bond donors (Lipinski definition) is 1. The monoisotopic (exact) mass is 296 g/mol. The summed E-state index contributed by atoms with van der Waals surface area (Å²) in [5.74, 6) is -0.829. The highest BCUT2D eigenvalue weighted by Crippen LogP contribution is 2.33. The number of carbonyl (C=O) groups excluding carboxylic acids is 1. The van der Waals surface area contributed by atoms with E-state index in [0.29, 0.717) is 37.9 Å². The maximum absolute atomic E-state index is 12.3. The molecule has 0 radical (unpaired) electrons. The van der Waals surface area contributed by atoms with Crippen molar-refractivity contribution in [2.75, 3.05) is 32.7 Å². The molecule has 0 bridgehead atoms. The molecule has 0 unspecified atom stereocenters. The third kappa shape index (κ3) is 4.19. The van der Waals surface area contributed by atoms with E-state index < -0.39 is 5.97 Å². The first-order chi connectivity index (χ1) is 9.93. The molecule has 1 N–H and O–H groups in total. The molecule has 2 fully saturated rings. The largest absolute Gasteiger partial charge is 0.481 e. The van der Waals surface area contributed by atoms with Crippen LogP contribution in [0.1, 0.15) is 46.0 Å². The van der Waals surface area contributed by atoms with Gasteiger partial charge in [-0.25, -0.2) is 0 Å². The number of rotatable bonds is 4. The average molecular weight is 296 g/mol. The van der Waals surface area contributed by atoms with E-state index >= 15 is 0 Å². The molecule has 0 aliphatic carbocycles. The summed E-state index contributed by atoms with van der Waals surface area (Å²) < 4.78 is 0. The lowest BCUT2D eigenvalue weighted by atomic mass is 9.78. The van der Waals surface area contributed by atoms with Crippen molar-refractivity contribution in [2.24, 2.45) is 11.3 Å². The molecule has 2 aliphatic heterocycles. The lowest BCUT2D eigenvalue weighted by molar-refractivity contribution is -0.146. The van der Waals surface area contributed by atoms with Gasteiger partial charge in [0.05, 0.1) is 12.5 Å². The summed E-state index contributed by atoms with van der Waals surface area (Å²) in [6, 6.07) is 0. The van der Waals surface area contributed by atoms with Crippen molar-refractivity contribution in [3.8, 4) is 0 Å². The van der Waals surface area contributed by atoms with Crippen molar-refractivity contribution in [3.05, 3.63) is 0 Å². The van der Waals surface area contributed by atoms with E-state index in [2.05, 4.69) is 18.7 Å². The highest BCUT2D eigenvalue weighted by atomic mass is 16.4. The van der Waals surface area contributed by atoms with Crippen molar-refractivity contribution in [1.82, 2.24) is 9.80 Å². The molecule has 21 heavy (non-hydrogen) atoms. The zero-order valence-corrected chi connectivity index (χ0v) is 13.3. The Morgan fingerprint density at radius 3 is 2.19 bits per heavy atom. The first kappa shape index (κ1) is 16.3. The maximum Gasteiger partial charge on any atom is 0.306 e. The van der Waals surface area contributed by atoms with Crippen LogP contribution in [0, 0.1) is 11.3 Å². The van der Waals surface area contributed by atoms with E-state index in [1.165, 1.54) is 6.42 Å². The second-order valence-corrected chi connectivity index (χ2v) is 6.93. The summed E-state index contributed by atoms with van der Waals surface area (Å²) in [5.41, 5.74) is 0.444. The van der Waals surface area contributed by atoms with Crippen LogP contribution < -0.4 is 0 Å². The predicted octanol–water partition coefficient (Wildman–Crippen LogP) is 1.82. The Balaban J connectivity index is 1.75. The van der Waals surface area contributed by atoms with Crippen LogP contribution in [0.4, 0.5) is 0 Å². The number of hydrogen-bond acceptors (Lipinski definition) is 3. The fraction of sp³-hybridized carbons (Fsp3) is 0.875. The van der Waals surface area contributed by atoms with Crippen molar-refractivity contribution < 1.29 is 14.7 Å². The third-order valence-electron chi connectivity index (χ3n) is 5.47. The van der Waals surface area contributed by atoms with E-state index in [-0.39, 0.29) is 11.8 Å².